The summed E-state index contributed by atoms with van der Waals surface area (Å²) in [7, 11) is 2.15. The lowest BCUT2D eigenvalue weighted by Crippen LogP contribution is -2.47. The Morgan fingerprint density at radius 1 is 1.08 bits per heavy atom. The van der Waals surface area contributed by atoms with Crippen molar-refractivity contribution in [3.8, 4) is 5.69 Å². The molecule has 2 aromatic rings. The molecule has 3 heterocycles. The van der Waals surface area contributed by atoms with Crippen molar-refractivity contribution in [3.63, 3.8) is 0 Å². The van der Waals surface area contributed by atoms with Crippen molar-refractivity contribution < 1.29 is 9.18 Å². The summed E-state index contributed by atoms with van der Waals surface area (Å²) in [5, 5.41) is 4.42. The molecule has 0 saturated carbocycles. The summed E-state index contributed by atoms with van der Waals surface area (Å²) in [5.41, 5.74) is 1.20. The number of likely N-dealkylation sites (tertiary alicyclic amines) is 2. The Hall–Kier alpha value is -2.21. The van der Waals surface area contributed by atoms with Gasteiger partial charge in [-0.15, -0.1) is 0 Å². The van der Waals surface area contributed by atoms with Crippen LogP contribution >= 0.6 is 0 Å². The second kappa shape index (κ2) is 6.59. The first kappa shape index (κ1) is 16.3. The second-order valence-corrected chi connectivity index (χ2v) is 7.02. The van der Waals surface area contributed by atoms with Crippen LogP contribution in [0.4, 0.5) is 4.39 Å². The zero-order valence-corrected chi connectivity index (χ0v) is 14.4. The monoisotopic (exact) mass is 342 g/mol. The molecule has 0 spiro atoms. The predicted octanol–water partition coefficient (Wildman–Crippen LogP) is 2.71. The zero-order chi connectivity index (χ0) is 17.4. The summed E-state index contributed by atoms with van der Waals surface area (Å²) in [6, 6.07) is 8.60. The number of aromatic nitrogens is 2. The van der Waals surface area contributed by atoms with Gasteiger partial charge in [-0.1, -0.05) is 0 Å². The second-order valence-electron chi connectivity index (χ2n) is 7.02. The fourth-order valence-corrected chi connectivity index (χ4v) is 4.19. The van der Waals surface area contributed by atoms with Gasteiger partial charge in [-0.05, 0) is 69.6 Å². The molecule has 2 atom stereocenters. The molecule has 25 heavy (non-hydrogen) atoms. The lowest BCUT2D eigenvalue weighted by Gasteiger charge is -2.32. The van der Waals surface area contributed by atoms with E-state index >= 15 is 0 Å². The molecule has 2 unspecified atom stereocenters. The molecule has 4 rings (SSSR count). The summed E-state index contributed by atoms with van der Waals surface area (Å²) >= 11 is 0. The highest BCUT2D eigenvalue weighted by molar-refractivity contribution is 5.92. The van der Waals surface area contributed by atoms with Gasteiger partial charge >= 0.3 is 0 Å². The smallest absolute Gasteiger partial charge is 0.274 e. The Balaban J connectivity index is 1.53. The van der Waals surface area contributed by atoms with E-state index in [0.717, 1.165) is 38.0 Å². The fraction of sp³-hybridized carbons (Fsp3) is 0.474. The van der Waals surface area contributed by atoms with Crippen LogP contribution in [0.1, 0.15) is 36.2 Å². The van der Waals surface area contributed by atoms with Gasteiger partial charge in [-0.3, -0.25) is 4.79 Å². The molecule has 132 valence electrons. The van der Waals surface area contributed by atoms with E-state index in [1.54, 1.807) is 29.1 Å². The van der Waals surface area contributed by atoms with E-state index in [4.69, 9.17) is 0 Å². The van der Waals surface area contributed by atoms with Crippen LogP contribution in [0.15, 0.2) is 36.5 Å². The van der Waals surface area contributed by atoms with Gasteiger partial charge in [-0.25, -0.2) is 9.07 Å². The minimum absolute atomic E-state index is 0.00339. The quantitative estimate of drug-likeness (QED) is 0.861. The van der Waals surface area contributed by atoms with Crippen molar-refractivity contribution >= 4 is 5.91 Å². The fourth-order valence-electron chi connectivity index (χ4n) is 4.19. The molecular formula is C19H23FN4O. The molecule has 6 heteroatoms. The maximum absolute atomic E-state index is 13.1. The number of halogens is 1. The predicted molar refractivity (Wildman–Crippen MR) is 93.2 cm³/mol. The summed E-state index contributed by atoms with van der Waals surface area (Å²) in [5.74, 6) is -0.281. The molecule has 1 aromatic carbocycles. The summed E-state index contributed by atoms with van der Waals surface area (Å²) < 4.78 is 14.7. The first-order valence-corrected chi connectivity index (χ1v) is 8.96. The molecule has 1 amide bonds. The number of rotatable bonds is 3. The first-order valence-electron chi connectivity index (χ1n) is 8.96. The van der Waals surface area contributed by atoms with Crippen LogP contribution in [0.25, 0.3) is 5.69 Å². The van der Waals surface area contributed by atoms with Crippen molar-refractivity contribution in [2.24, 2.45) is 0 Å². The average Bonchev–Trinajstić information content (AvgIpc) is 3.35. The van der Waals surface area contributed by atoms with Crippen LogP contribution in [0.5, 0.6) is 0 Å². The normalized spacial score (nSPS) is 24.2. The summed E-state index contributed by atoms with van der Waals surface area (Å²) in [4.78, 5) is 17.4. The molecule has 1 aromatic heterocycles. The first-order chi connectivity index (χ1) is 12.1. The highest BCUT2D eigenvalue weighted by atomic mass is 19.1. The highest BCUT2D eigenvalue weighted by Gasteiger charge is 2.39. The number of carbonyl (C=O) groups excluding carboxylic acids is 1. The topological polar surface area (TPSA) is 41.4 Å². The van der Waals surface area contributed by atoms with Gasteiger partial charge < -0.3 is 9.80 Å². The number of carbonyl (C=O) groups is 1. The number of amides is 1. The van der Waals surface area contributed by atoms with Crippen molar-refractivity contribution in [1.82, 2.24) is 19.6 Å². The van der Waals surface area contributed by atoms with E-state index < -0.39 is 0 Å². The molecule has 0 N–H and O–H groups in total. The van der Waals surface area contributed by atoms with Crippen molar-refractivity contribution in [2.75, 3.05) is 20.1 Å². The van der Waals surface area contributed by atoms with E-state index in [0.29, 0.717) is 11.7 Å². The minimum Gasteiger partial charge on any atom is -0.333 e. The molecule has 2 aliphatic rings. The van der Waals surface area contributed by atoms with E-state index in [2.05, 4.69) is 17.0 Å². The van der Waals surface area contributed by atoms with Crippen LogP contribution in [-0.2, 0) is 0 Å². The third kappa shape index (κ3) is 3.06. The standard InChI is InChI=1S/C19H23FN4O/c1-22-11-2-4-17(22)18-5-3-12-23(18)19(25)16-10-13-24(21-16)15-8-6-14(20)7-9-15/h6-10,13,17-18H,2-5,11-12H2,1H3. The largest absolute Gasteiger partial charge is 0.333 e. The van der Waals surface area contributed by atoms with Gasteiger partial charge in [0.25, 0.3) is 5.91 Å². The Labute approximate surface area is 147 Å². The average molecular weight is 342 g/mol. The maximum atomic E-state index is 13.1. The molecule has 2 aliphatic heterocycles. The Morgan fingerprint density at radius 3 is 2.52 bits per heavy atom. The van der Waals surface area contributed by atoms with E-state index in [9.17, 15) is 9.18 Å². The number of likely N-dealkylation sites (N-methyl/N-ethyl adjacent to an activating group) is 1. The minimum atomic E-state index is -0.284. The molecule has 0 radical (unpaired) electrons. The Morgan fingerprint density at radius 2 is 1.80 bits per heavy atom. The van der Waals surface area contributed by atoms with Crippen molar-refractivity contribution in [2.45, 2.75) is 37.8 Å². The lowest BCUT2D eigenvalue weighted by atomic mass is 10.0. The van der Waals surface area contributed by atoms with Crippen LogP contribution in [0, 0.1) is 5.82 Å². The van der Waals surface area contributed by atoms with Crippen LogP contribution < -0.4 is 0 Å². The molecule has 0 bridgehead atoms. The zero-order valence-electron chi connectivity index (χ0n) is 14.4. The third-order valence-corrected chi connectivity index (χ3v) is 5.48. The Bertz CT molecular complexity index is 757. The number of hydrogen-bond donors (Lipinski definition) is 0. The molecule has 5 nitrogen and oxygen atoms in total. The molecule has 0 aliphatic carbocycles. The van der Waals surface area contributed by atoms with Crippen LogP contribution in [-0.4, -0.2) is 57.7 Å². The summed E-state index contributed by atoms with van der Waals surface area (Å²) in [6.45, 7) is 1.92. The SMILES string of the molecule is CN1CCCC1C1CCCN1C(=O)c1ccn(-c2ccc(F)cc2)n1. The number of nitrogens with zero attached hydrogens (tertiary/aromatic N) is 4. The summed E-state index contributed by atoms with van der Waals surface area (Å²) in [6.07, 6.45) is 6.25. The van der Waals surface area contributed by atoms with Crippen LogP contribution in [0.2, 0.25) is 0 Å². The Kier molecular flexibility index (Phi) is 4.29. The van der Waals surface area contributed by atoms with Crippen molar-refractivity contribution in [3.05, 3.63) is 48.0 Å². The maximum Gasteiger partial charge on any atom is 0.274 e. The van der Waals surface area contributed by atoms with Gasteiger partial charge in [0.2, 0.25) is 0 Å². The van der Waals surface area contributed by atoms with Gasteiger partial charge in [0, 0.05) is 24.8 Å². The molecule has 2 fully saturated rings. The lowest BCUT2D eigenvalue weighted by molar-refractivity contribution is 0.0658. The number of hydrogen-bond acceptors (Lipinski definition) is 3. The molecule has 2 saturated heterocycles. The van der Waals surface area contributed by atoms with Crippen LogP contribution in [0.3, 0.4) is 0 Å². The van der Waals surface area contributed by atoms with Gasteiger partial charge in [0.05, 0.1) is 5.69 Å². The highest BCUT2D eigenvalue weighted by Crippen LogP contribution is 2.30. The van der Waals surface area contributed by atoms with E-state index in [1.165, 1.54) is 18.6 Å². The van der Waals surface area contributed by atoms with Gasteiger partial charge in [0.1, 0.15) is 5.82 Å². The van der Waals surface area contributed by atoms with E-state index in [1.807, 2.05) is 4.90 Å². The van der Waals surface area contributed by atoms with Gasteiger partial charge in [0.15, 0.2) is 5.69 Å². The number of benzene rings is 1. The van der Waals surface area contributed by atoms with E-state index in [-0.39, 0.29) is 17.8 Å². The van der Waals surface area contributed by atoms with Gasteiger partial charge in [-0.2, -0.15) is 5.10 Å². The van der Waals surface area contributed by atoms with Crippen molar-refractivity contribution in [1.29, 1.82) is 0 Å². The molecular weight excluding hydrogens is 319 g/mol. The third-order valence-electron chi connectivity index (χ3n) is 5.48.